The van der Waals surface area contributed by atoms with Crippen LogP contribution in [0.2, 0.25) is 0 Å². The summed E-state index contributed by atoms with van der Waals surface area (Å²) in [6.45, 7) is 4.06. The summed E-state index contributed by atoms with van der Waals surface area (Å²) in [5, 5.41) is 4.20. The summed E-state index contributed by atoms with van der Waals surface area (Å²) in [6, 6.07) is 0. The normalized spacial score (nSPS) is 11.2. The average molecular weight is 311 g/mol. The lowest BCUT2D eigenvalue weighted by Gasteiger charge is -2.19. The number of nitrogens with two attached hydrogens (primary N) is 1. The van der Waals surface area contributed by atoms with Crippen LogP contribution in [0, 0.1) is 6.92 Å². The topological polar surface area (TPSA) is 58.3 Å². The number of hydrogen-bond donors (Lipinski definition) is 1. The Morgan fingerprint density at radius 3 is 2.60 bits per heavy atom. The summed E-state index contributed by atoms with van der Waals surface area (Å²) in [6.07, 6.45) is 1.11. The minimum atomic E-state index is 0.578. The van der Waals surface area contributed by atoms with Crippen molar-refractivity contribution in [3.63, 3.8) is 0 Å². The zero-order valence-corrected chi connectivity index (χ0v) is 14.0. The molecule has 0 aliphatic rings. The lowest BCUT2D eigenvalue weighted by Crippen LogP contribution is -2.23. The highest BCUT2D eigenvalue weighted by Crippen LogP contribution is 2.39. The molecule has 0 radical (unpaired) electrons. The molecule has 110 valence electrons. The summed E-state index contributed by atoms with van der Waals surface area (Å²) in [4.78, 5) is 8.95. The molecular weight excluding hydrogens is 290 g/mol. The van der Waals surface area contributed by atoms with Crippen molar-refractivity contribution in [3.8, 4) is 11.3 Å². The zero-order valence-electron chi connectivity index (χ0n) is 12.4. The van der Waals surface area contributed by atoms with E-state index in [0.29, 0.717) is 5.82 Å². The van der Waals surface area contributed by atoms with Crippen molar-refractivity contribution in [2.45, 2.75) is 13.3 Å². The van der Waals surface area contributed by atoms with Crippen molar-refractivity contribution in [1.82, 2.24) is 14.3 Å². The van der Waals surface area contributed by atoms with Crippen molar-refractivity contribution in [2.75, 3.05) is 44.9 Å². The number of aromatic nitrogens is 2. The van der Waals surface area contributed by atoms with Crippen LogP contribution in [-0.2, 0) is 0 Å². The standard InChI is InChI=1S/C13H21N5S2/c1-9-15-10(8-19-9)11-12(14)16-20-13(11)18(4)7-5-6-17(2)3/h8H,5-7H2,1-4H3,(H2,14,16). The Kier molecular flexibility index (Phi) is 4.95. The largest absolute Gasteiger partial charge is 0.382 e. The molecule has 2 aromatic heterocycles. The van der Waals surface area contributed by atoms with E-state index in [1.54, 1.807) is 11.3 Å². The molecule has 0 aliphatic heterocycles. The Hall–Kier alpha value is -1.18. The molecule has 0 saturated carbocycles. The number of aryl methyl sites for hydroxylation is 1. The molecule has 5 nitrogen and oxygen atoms in total. The fourth-order valence-electron chi connectivity index (χ4n) is 2.00. The molecule has 0 aliphatic carbocycles. The van der Waals surface area contributed by atoms with Crippen LogP contribution in [0.4, 0.5) is 10.8 Å². The zero-order chi connectivity index (χ0) is 14.7. The summed E-state index contributed by atoms with van der Waals surface area (Å²) in [7, 11) is 6.27. The van der Waals surface area contributed by atoms with E-state index in [-0.39, 0.29) is 0 Å². The first-order valence-electron chi connectivity index (χ1n) is 6.52. The van der Waals surface area contributed by atoms with Crippen molar-refractivity contribution >= 4 is 33.7 Å². The van der Waals surface area contributed by atoms with Crippen molar-refractivity contribution < 1.29 is 0 Å². The van der Waals surface area contributed by atoms with E-state index < -0.39 is 0 Å². The summed E-state index contributed by atoms with van der Waals surface area (Å²) < 4.78 is 4.30. The number of rotatable bonds is 6. The predicted molar refractivity (Wildman–Crippen MR) is 88.8 cm³/mol. The molecule has 0 amide bonds. The maximum absolute atomic E-state index is 6.03. The molecule has 7 heteroatoms. The molecule has 0 unspecified atom stereocenters. The van der Waals surface area contributed by atoms with Gasteiger partial charge in [-0.05, 0) is 45.5 Å². The van der Waals surface area contributed by atoms with E-state index >= 15 is 0 Å². The first-order valence-corrected chi connectivity index (χ1v) is 8.18. The van der Waals surface area contributed by atoms with Gasteiger partial charge in [0, 0.05) is 19.0 Å². The van der Waals surface area contributed by atoms with Gasteiger partial charge in [0.05, 0.1) is 16.3 Å². The van der Waals surface area contributed by atoms with Gasteiger partial charge in [0.25, 0.3) is 0 Å². The third-order valence-corrected chi connectivity index (χ3v) is 4.77. The van der Waals surface area contributed by atoms with Gasteiger partial charge in [0.15, 0.2) is 0 Å². The molecular formula is C13H21N5S2. The second-order valence-corrected chi connectivity index (χ2v) is 6.89. The van der Waals surface area contributed by atoms with Gasteiger partial charge in [0.2, 0.25) is 0 Å². The van der Waals surface area contributed by atoms with Crippen LogP contribution in [0.25, 0.3) is 11.3 Å². The molecule has 0 atom stereocenters. The average Bonchev–Trinajstić information content (AvgIpc) is 2.94. The lowest BCUT2D eigenvalue weighted by molar-refractivity contribution is 0.402. The van der Waals surface area contributed by atoms with Gasteiger partial charge in [-0.1, -0.05) is 0 Å². The number of thiazole rings is 1. The van der Waals surface area contributed by atoms with E-state index in [9.17, 15) is 0 Å². The van der Waals surface area contributed by atoms with Gasteiger partial charge in [-0.3, -0.25) is 0 Å². The van der Waals surface area contributed by atoms with Crippen LogP contribution in [0.5, 0.6) is 0 Å². The molecule has 0 aromatic carbocycles. The highest BCUT2D eigenvalue weighted by Gasteiger charge is 2.18. The highest BCUT2D eigenvalue weighted by molar-refractivity contribution is 7.11. The lowest BCUT2D eigenvalue weighted by atomic mass is 10.2. The summed E-state index contributed by atoms with van der Waals surface area (Å²) in [5.41, 5.74) is 7.94. The van der Waals surface area contributed by atoms with Crippen LogP contribution in [-0.4, -0.2) is 48.5 Å². The molecule has 0 spiro atoms. The first kappa shape index (κ1) is 15.2. The Labute approximate surface area is 128 Å². The molecule has 2 heterocycles. The smallest absolute Gasteiger partial charge is 0.148 e. The van der Waals surface area contributed by atoms with E-state index in [0.717, 1.165) is 40.8 Å². The monoisotopic (exact) mass is 311 g/mol. The van der Waals surface area contributed by atoms with Crippen LogP contribution < -0.4 is 10.6 Å². The van der Waals surface area contributed by atoms with Crippen molar-refractivity contribution in [3.05, 3.63) is 10.4 Å². The van der Waals surface area contributed by atoms with Crippen LogP contribution >= 0.6 is 22.9 Å². The van der Waals surface area contributed by atoms with E-state index in [4.69, 9.17) is 5.73 Å². The first-order chi connectivity index (χ1) is 9.49. The van der Waals surface area contributed by atoms with Gasteiger partial charge in [-0.25, -0.2) is 4.98 Å². The van der Waals surface area contributed by atoms with Crippen LogP contribution in [0.15, 0.2) is 5.38 Å². The Balaban J connectivity index is 2.16. The number of anilines is 2. The Bertz CT molecular complexity index is 561. The quantitative estimate of drug-likeness (QED) is 0.888. The maximum Gasteiger partial charge on any atom is 0.148 e. The van der Waals surface area contributed by atoms with Crippen LogP contribution in [0.3, 0.4) is 0 Å². The molecule has 2 aromatic rings. The second-order valence-electron chi connectivity index (χ2n) is 5.08. The second kappa shape index (κ2) is 6.51. The van der Waals surface area contributed by atoms with Gasteiger partial charge < -0.3 is 15.5 Å². The van der Waals surface area contributed by atoms with Gasteiger partial charge in [-0.2, -0.15) is 4.37 Å². The fraction of sp³-hybridized carbons (Fsp3) is 0.538. The Morgan fingerprint density at radius 1 is 1.25 bits per heavy atom. The molecule has 20 heavy (non-hydrogen) atoms. The SMILES string of the molecule is Cc1nc(-c2c(N)nsc2N(C)CCCN(C)C)cs1. The van der Waals surface area contributed by atoms with E-state index in [1.807, 2.05) is 12.3 Å². The van der Waals surface area contributed by atoms with Gasteiger partial charge >= 0.3 is 0 Å². The van der Waals surface area contributed by atoms with Crippen molar-refractivity contribution in [2.24, 2.45) is 0 Å². The highest BCUT2D eigenvalue weighted by atomic mass is 32.1. The molecule has 0 bridgehead atoms. The van der Waals surface area contributed by atoms with Crippen molar-refractivity contribution in [1.29, 1.82) is 0 Å². The summed E-state index contributed by atoms with van der Waals surface area (Å²) in [5.74, 6) is 0.578. The maximum atomic E-state index is 6.03. The van der Waals surface area contributed by atoms with Gasteiger partial charge in [0.1, 0.15) is 10.8 Å². The third-order valence-electron chi connectivity index (χ3n) is 3.02. The number of hydrogen-bond acceptors (Lipinski definition) is 7. The molecule has 2 N–H and O–H groups in total. The van der Waals surface area contributed by atoms with E-state index in [2.05, 4.69) is 40.3 Å². The minimum absolute atomic E-state index is 0.578. The number of nitrogen functional groups attached to an aromatic ring is 1. The van der Waals surface area contributed by atoms with E-state index in [1.165, 1.54) is 11.5 Å². The molecule has 2 rings (SSSR count). The predicted octanol–water partition coefficient (Wildman–Crippen LogP) is 2.55. The minimum Gasteiger partial charge on any atom is -0.382 e. The molecule has 0 saturated heterocycles. The van der Waals surface area contributed by atoms with Crippen LogP contribution in [0.1, 0.15) is 11.4 Å². The Morgan fingerprint density at radius 2 is 2.00 bits per heavy atom. The fourth-order valence-corrected chi connectivity index (χ4v) is 3.41. The third kappa shape index (κ3) is 3.47. The van der Waals surface area contributed by atoms with Gasteiger partial charge in [-0.15, -0.1) is 11.3 Å². The molecule has 0 fully saturated rings. The summed E-state index contributed by atoms with van der Waals surface area (Å²) >= 11 is 3.09. The number of nitrogens with zero attached hydrogens (tertiary/aromatic N) is 4.